The fourth-order valence-electron chi connectivity index (χ4n) is 4.17. The second-order valence-electron chi connectivity index (χ2n) is 7.22. The summed E-state index contributed by atoms with van der Waals surface area (Å²) in [5, 5.41) is 15.9. The van der Waals surface area contributed by atoms with Crippen LogP contribution in [-0.2, 0) is 6.42 Å². The number of hydrogen-bond donors (Lipinski definition) is 0. The van der Waals surface area contributed by atoms with Gasteiger partial charge in [0.25, 0.3) is 0 Å². The smallest absolute Gasteiger partial charge is 0.0988 e. The first-order chi connectivity index (χ1) is 13.3. The van der Waals surface area contributed by atoms with Crippen LogP contribution in [-0.4, -0.2) is 5.75 Å². The van der Waals surface area contributed by atoms with Crippen LogP contribution in [0.25, 0.3) is 21.5 Å². The quantitative estimate of drug-likeness (QED) is 0.394. The summed E-state index contributed by atoms with van der Waals surface area (Å²) in [5.74, 6) is 1.65. The van der Waals surface area contributed by atoms with Crippen molar-refractivity contribution in [3.8, 4) is 6.07 Å². The Balaban J connectivity index is 0.000000190. The molecule has 1 atom stereocenters. The van der Waals surface area contributed by atoms with Gasteiger partial charge in [-0.2, -0.15) is 5.26 Å². The second-order valence-corrected chi connectivity index (χ2v) is 8.16. The summed E-state index contributed by atoms with van der Waals surface area (Å²) < 4.78 is 0. The number of nitrogens with zero attached hydrogens (tertiary/aromatic N) is 1. The van der Waals surface area contributed by atoms with Gasteiger partial charge in [-0.3, -0.25) is 0 Å². The van der Waals surface area contributed by atoms with E-state index in [9.17, 15) is 0 Å². The van der Waals surface area contributed by atoms with Crippen LogP contribution in [0.2, 0.25) is 0 Å². The van der Waals surface area contributed by atoms with Crippen molar-refractivity contribution in [3.05, 3.63) is 82.8 Å². The van der Waals surface area contributed by atoms with Crippen LogP contribution in [0.4, 0.5) is 0 Å². The molecule has 0 fully saturated rings. The summed E-state index contributed by atoms with van der Waals surface area (Å²) in [7, 11) is 0. The molecule has 134 valence electrons. The summed E-state index contributed by atoms with van der Waals surface area (Å²) in [6.45, 7) is 2.38. The molecular formula is C25H23NS. The van der Waals surface area contributed by atoms with Crippen LogP contribution in [0, 0.1) is 11.3 Å². The van der Waals surface area contributed by atoms with Crippen LogP contribution in [0.15, 0.2) is 71.7 Å². The fourth-order valence-corrected chi connectivity index (χ4v) is 4.80. The second kappa shape index (κ2) is 8.03. The van der Waals surface area contributed by atoms with E-state index >= 15 is 0 Å². The Morgan fingerprint density at radius 3 is 2.63 bits per heavy atom. The first-order valence-corrected chi connectivity index (χ1v) is 10.6. The van der Waals surface area contributed by atoms with Crippen LogP contribution in [0.1, 0.15) is 36.8 Å². The highest BCUT2D eigenvalue weighted by Crippen LogP contribution is 2.38. The Morgan fingerprint density at radius 2 is 1.85 bits per heavy atom. The minimum atomic E-state index is 0.702. The van der Waals surface area contributed by atoms with Crippen LogP contribution in [0.5, 0.6) is 0 Å². The summed E-state index contributed by atoms with van der Waals surface area (Å²) in [4.78, 5) is 0. The number of nitriles is 1. The summed E-state index contributed by atoms with van der Waals surface area (Å²) in [5.41, 5.74) is 3.96. The van der Waals surface area contributed by atoms with Crippen molar-refractivity contribution in [3.63, 3.8) is 0 Å². The number of hydrogen-bond acceptors (Lipinski definition) is 2. The molecule has 0 amide bonds. The lowest BCUT2D eigenvalue weighted by Gasteiger charge is -2.24. The van der Waals surface area contributed by atoms with Gasteiger partial charge in [0.05, 0.1) is 6.07 Å². The number of rotatable bonds is 0. The molecule has 27 heavy (non-hydrogen) atoms. The molecule has 5 rings (SSSR count). The molecule has 3 aromatic rings. The highest BCUT2D eigenvalue weighted by molar-refractivity contribution is 8.02. The minimum Gasteiger partial charge on any atom is -0.192 e. The lowest BCUT2D eigenvalue weighted by Crippen LogP contribution is -2.07. The van der Waals surface area contributed by atoms with Crippen LogP contribution < -0.4 is 0 Å². The Kier molecular flexibility index (Phi) is 5.32. The molecule has 1 heterocycles. The standard InChI is InChI=1S/C19H18.C6H5NS/c1-13-5-4-7-15-10-11-17-16-8-3-2-6-14(16)9-12-18(17)19(13)15;7-5-6-1-3-8-4-2-6/h2-3,6,8-13H,4-5,7H2,1H3;1-3H,4H2. The normalized spacial score (nSPS) is 18.2. The van der Waals surface area contributed by atoms with E-state index in [1.807, 2.05) is 17.6 Å². The molecule has 0 aromatic heterocycles. The molecule has 0 radical (unpaired) electrons. The van der Waals surface area contributed by atoms with Crippen molar-refractivity contribution in [2.45, 2.75) is 32.1 Å². The SMILES string of the molecule is CC1CCCc2ccc3c(ccc4ccccc43)c21.N#CC1=CCSC=C1. The maximum Gasteiger partial charge on any atom is 0.0988 e. The van der Waals surface area contributed by atoms with Gasteiger partial charge in [-0.25, -0.2) is 0 Å². The third-order valence-electron chi connectivity index (χ3n) is 5.51. The molecule has 0 spiro atoms. The maximum atomic E-state index is 8.31. The molecule has 1 aliphatic heterocycles. The number of aryl methyl sites for hydroxylation is 1. The molecule has 1 aliphatic carbocycles. The third kappa shape index (κ3) is 3.66. The Bertz CT molecular complexity index is 1080. The topological polar surface area (TPSA) is 23.8 Å². The monoisotopic (exact) mass is 369 g/mol. The molecule has 0 N–H and O–H groups in total. The predicted molar refractivity (Wildman–Crippen MR) is 118 cm³/mol. The third-order valence-corrected chi connectivity index (χ3v) is 6.19. The van der Waals surface area contributed by atoms with Crippen molar-refractivity contribution >= 4 is 33.3 Å². The van der Waals surface area contributed by atoms with Gasteiger partial charge < -0.3 is 0 Å². The number of thioether (sulfide) groups is 1. The Morgan fingerprint density at radius 1 is 1.00 bits per heavy atom. The Labute approximate surface area is 165 Å². The first-order valence-electron chi connectivity index (χ1n) is 9.59. The van der Waals surface area contributed by atoms with Crippen molar-refractivity contribution in [2.24, 2.45) is 0 Å². The zero-order chi connectivity index (χ0) is 18.6. The van der Waals surface area contributed by atoms with Gasteiger partial charge in [0.2, 0.25) is 0 Å². The minimum absolute atomic E-state index is 0.702. The van der Waals surface area contributed by atoms with Crippen LogP contribution >= 0.6 is 11.8 Å². The van der Waals surface area contributed by atoms with Gasteiger partial charge in [0.15, 0.2) is 0 Å². The molecule has 2 aliphatic rings. The van der Waals surface area contributed by atoms with E-state index in [1.165, 1.54) is 40.8 Å². The molecule has 1 nitrogen and oxygen atoms in total. The lowest BCUT2D eigenvalue weighted by atomic mass is 9.80. The van der Waals surface area contributed by atoms with E-state index in [2.05, 4.69) is 61.5 Å². The Hall–Kier alpha value is -2.50. The average Bonchev–Trinajstić information content (AvgIpc) is 2.74. The van der Waals surface area contributed by atoms with E-state index in [-0.39, 0.29) is 0 Å². The molecule has 0 saturated heterocycles. The van der Waals surface area contributed by atoms with Crippen LogP contribution in [0.3, 0.4) is 0 Å². The van der Waals surface area contributed by atoms with Gasteiger partial charge in [-0.15, -0.1) is 11.8 Å². The predicted octanol–water partition coefficient (Wildman–Crippen LogP) is 7.13. The zero-order valence-electron chi connectivity index (χ0n) is 15.6. The van der Waals surface area contributed by atoms with E-state index in [0.717, 1.165) is 11.3 Å². The van der Waals surface area contributed by atoms with Crippen molar-refractivity contribution < 1.29 is 0 Å². The van der Waals surface area contributed by atoms with Gasteiger partial charge in [0, 0.05) is 11.3 Å². The van der Waals surface area contributed by atoms with Crippen molar-refractivity contribution in [1.29, 1.82) is 5.26 Å². The van der Waals surface area contributed by atoms with Crippen molar-refractivity contribution in [1.82, 2.24) is 0 Å². The maximum absolute atomic E-state index is 8.31. The summed E-state index contributed by atoms with van der Waals surface area (Å²) >= 11 is 1.71. The summed E-state index contributed by atoms with van der Waals surface area (Å²) in [6, 6.07) is 20.1. The molecule has 0 bridgehead atoms. The highest BCUT2D eigenvalue weighted by atomic mass is 32.2. The first kappa shape index (κ1) is 17.9. The molecule has 0 saturated carbocycles. The molecule has 2 heteroatoms. The number of allylic oxidation sites excluding steroid dienone is 2. The van der Waals surface area contributed by atoms with E-state index in [1.54, 1.807) is 22.9 Å². The fraction of sp³-hybridized carbons (Fsp3) is 0.240. The van der Waals surface area contributed by atoms with Gasteiger partial charge in [-0.05, 0) is 69.3 Å². The van der Waals surface area contributed by atoms with Gasteiger partial charge in [-0.1, -0.05) is 61.5 Å². The largest absolute Gasteiger partial charge is 0.192 e. The van der Waals surface area contributed by atoms with E-state index in [4.69, 9.17) is 5.26 Å². The zero-order valence-corrected chi connectivity index (χ0v) is 16.4. The summed E-state index contributed by atoms with van der Waals surface area (Å²) in [6.07, 6.45) is 7.67. The average molecular weight is 370 g/mol. The molecule has 3 aromatic carbocycles. The number of fused-ring (bicyclic) bond motifs is 5. The van der Waals surface area contributed by atoms with Gasteiger partial charge in [0.1, 0.15) is 0 Å². The molecular weight excluding hydrogens is 346 g/mol. The van der Waals surface area contributed by atoms with E-state index < -0.39 is 0 Å². The lowest BCUT2D eigenvalue weighted by molar-refractivity contribution is 0.595. The van der Waals surface area contributed by atoms with Gasteiger partial charge >= 0.3 is 0 Å². The van der Waals surface area contributed by atoms with E-state index in [0.29, 0.717) is 5.92 Å². The molecule has 1 unspecified atom stereocenters. The number of benzene rings is 3. The van der Waals surface area contributed by atoms with Crippen molar-refractivity contribution in [2.75, 3.05) is 5.75 Å². The highest BCUT2D eigenvalue weighted by Gasteiger charge is 2.19.